The second-order valence-electron chi connectivity index (χ2n) is 3.84. The van der Waals surface area contributed by atoms with Crippen molar-refractivity contribution in [2.24, 2.45) is 0 Å². The lowest BCUT2D eigenvalue weighted by Gasteiger charge is -2.09. The Balaban J connectivity index is 2.56. The van der Waals surface area contributed by atoms with E-state index in [4.69, 9.17) is 0 Å². The lowest BCUT2D eigenvalue weighted by atomic mass is 10.0. The molecule has 2 atom stereocenters. The standard InChI is InChI=1S/C11H13F2N/c1-6-5-9(14-2)7-3-4-8(12)11(13)10(6)7/h3-4,6,9,14H,5H2,1-2H3. The Bertz CT molecular complexity index is 363. The highest BCUT2D eigenvalue weighted by atomic mass is 19.2. The largest absolute Gasteiger partial charge is 0.313 e. The Kier molecular flexibility index (Phi) is 2.27. The van der Waals surface area contributed by atoms with E-state index in [2.05, 4.69) is 5.32 Å². The fourth-order valence-electron chi connectivity index (χ4n) is 2.26. The average molecular weight is 197 g/mol. The van der Waals surface area contributed by atoms with Crippen LogP contribution >= 0.6 is 0 Å². The summed E-state index contributed by atoms with van der Waals surface area (Å²) in [5.74, 6) is -1.32. The van der Waals surface area contributed by atoms with Crippen molar-refractivity contribution in [3.63, 3.8) is 0 Å². The summed E-state index contributed by atoms with van der Waals surface area (Å²) in [7, 11) is 1.84. The Morgan fingerprint density at radius 1 is 1.36 bits per heavy atom. The number of fused-ring (bicyclic) bond motifs is 1. The molecule has 2 rings (SSSR count). The second-order valence-corrected chi connectivity index (χ2v) is 3.84. The van der Waals surface area contributed by atoms with Gasteiger partial charge in [0.2, 0.25) is 0 Å². The van der Waals surface area contributed by atoms with Crippen LogP contribution in [0.25, 0.3) is 0 Å². The molecule has 0 fully saturated rings. The van der Waals surface area contributed by atoms with E-state index in [0.29, 0.717) is 5.56 Å². The molecule has 1 aliphatic rings. The van der Waals surface area contributed by atoms with E-state index < -0.39 is 11.6 Å². The Hall–Kier alpha value is -0.960. The van der Waals surface area contributed by atoms with Crippen LogP contribution in [0.5, 0.6) is 0 Å². The fourth-order valence-corrected chi connectivity index (χ4v) is 2.26. The van der Waals surface area contributed by atoms with E-state index in [1.165, 1.54) is 6.07 Å². The first-order chi connectivity index (χ1) is 6.65. The predicted molar refractivity (Wildman–Crippen MR) is 51.2 cm³/mol. The van der Waals surface area contributed by atoms with E-state index >= 15 is 0 Å². The molecule has 1 nitrogen and oxygen atoms in total. The van der Waals surface area contributed by atoms with Gasteiger partial charge in [0.25, 0.3) is 0 Å². The van der Waals surface area contributed by atoms with Crippen LogP contribution in [0, 0.1) is 11.6 Å². The minimum Gasteiger partial charge on any atom is -0.313 e. The van der Waals surface area contributed by atoms with Crippen molar-refractivity contribution in [1.82, 2.24) is 5.32 Å². The third kappa shape index (κ3) is 1.23. The van der Waals surface area contributed by atoms with Crippen LogP contribution < -0.4 is 5.32 Å². The van der Waals surface area contributed by atoms with Crippen molar-refractivity contribution in [1.29, 1.82) is 0 Å². The molecule has 0 aliphatic heterocycles. The summed E-state index contributed by atoms with van der Waals surface area (Å²) in [6.07, 6.45) is 0.839. The molecule has 0 heterocycles. The molecule has 0 saturated heterocycles. The van der Waals surface area contributed by atoms with E-state index in [1.54, 1.807) is 6.07 Å². The van der Waals surface area contributed by atoms with Crippen molar-refractivity contribution in [3.05, 3.63) is 34.9 Å². The smallest absolute Gasteiger partial charge is 0.162 e. The zero-order chi connectivity index (χ0) is 10.3. The van der Waals surface area contributed by atoms with Crippen LogP contribution in [0.2, 0.25) is 0 Å². The van der Waals surface area contributed by atoms with Gasteiger partial charge in [-0.2, -0.15) is 0 Å². The van der Waals surface area contributed by atoms with Gasteiger partial charge in [-0.1, -0.05) is 13.0 Å². The number of rotatable bonds is 1. The molecular formula is C11H13F2N. The summed E-state index contributed by atoms with van der Waals surface area (Å²) in [6, 6.07) is 3.05. The third-order valence-electron chi connectivity index (χ3n) is 2.97. The molecule has 76 valence electrons. The Morgan fingerprint density at radius 2 is 2.07 bits per heavy atom. The zero-order valence-electron chi connectivity index (χ0n) is 8.27. The van der Waals surface area contributed by atoms with E-state index in [-0.39, 0.29) is 12.0 Å². The van der Waals surface area contributed by atoms with Gasteiger partial charge in [-0.05, 0) is 36.6 Å². The van der Waals surface area contributed by atoms with Gasteiger partial charge in [0.1, 0.15) is 0 Å². The van der Waals surface area contributed by atoms with Gasteiger partial charge in [0, 0.05) is 6.04 Å². The first kappa shape index (κ1) is 9.59. The minimum atomic E-state index is -0.743. The van der Waals surface area contributed by atoms with Crippen LogP contribution in [-0.4, -0.2) is 7.05 Å². The van der Waals surface area contributed by atoms with Crippen LogP contribution in [0.15, 0.2) is 12.1 Å². The maximum atomic E-state index is 13.5. The van der Waals surface area contributed by atoms with Gasteiger partial charge in [0.15, 0.2) is 11.6 Å². The molecule has 3 heteroatoms. The lowest BCUT2D eigenvalue weighted by Crippen LogP contribution is -2.13. The second kappa shape index (κ2) is 3.31. The molecule has 14 heavy (non-hydrogen) atoms. The number of nitrogens with one attached hydrogen (secondary N) is 1. The lowest BCUT2D eigenvalue weighted by molar-refractivity contribution is 0.493. The van der Waals surface area contributed by atoms with Gasteiger partial charge in [-0.15, -0.1) is 0 Å². The molecule has 0 saturated carbocycles. The molecule has 1 aromatic rings. The molecule has 0 amide bonds. The van der Waals surface area contributed by atoms with Crippen molar-refractivity contribution >= 4 is 0 Å². The quantitative estimate of drug-likeness (QED) is 0.730. The maximum Gasteiger partial charge on any atom is 0.162 e. The Labute approximate surface area is 82.1 Å². The highest BCUT2D eigenvalue weighted by Crippen LogP contribution is 2.41. The monoisotopic (exact) mass is 197 g/mol. The number of hydrogen-bond donors (Lipinski definition) is 1. The molecular weight excluding hydrogens is 184 g/mol. The van der Waals surface area contributed by atoms with Crippen molar-refractivity contribution < 1.29 is 8.78 Å². The van der Waals surface area contributed by atoms with Crippen LogP contribution in [0.1, 0.15) is 36.4 Å². The maximum absolute atomic E-state index is 13.5. The molecule has 0 spiro atoms. The van der Waals surface area contributed by atoms with E-state index in [1.807, 2.05) is 14.0 Å². The summed E-state index contributed by atoms with van der Waals surface area (Å²) in [5, 5.41) is 3.11. The predicted octanol–water partition coefficient (Wildman–Crippen LogP) is 2.73. The van der Waals surface area contributed by atoms with Crippen LogP contribution in [-0.2, 0) is 0 Å². The number of hydrogen-bond acceptors (Lipinski definition) is 1. The summed E-state index contributed by atoms with van der Waals surface area (Å²) in [5.41, 5.74) is 1.45. The highest BCUT2D eigenvalue weighted by molar-refractivity contribution is 5.39. The summed E-state index contributed by atoms with van der Waals surface area (Å²) in [4.78, 5) is 0. The van der Waals surface area contributed by atoms with Gasteiger partial charge in [-0.3, -0.25) is 0 Å². The molecule has 1 N–H and O–H groups in total. The van der Waals surface area contributed by atoms with E-state index in [0.717, 1.165) is 12.0 Å². The number of halogens is 2. The average Bonchev–Trinajstić information content (AvgIpc) is 2.49. The molecule has 0 aromatic heterocycles. The summed E-state index contributed by atoms with van der Waals surface area (Å²) < 4.78 is 26.4. The SMILES string of the molecule is CNC1CC(C)c2c1ccc(F)c2F. The normalized spacial score (nSPS) is 25.1. The molecule has 0 bridgehead atoms. The molecule has 0 radical (unpaired) electrons. The Morgan fingerprint density at radius 3 is 2.71 bits per heavy atom. The molecule has 1 aliphatic carbocycles. The van der Waals surface area contributed by atoms with Gasteiger partial charge >= 0.3 is 0 Å². The van der Waals surface area contributed by atoms with Gasteiger partial charge in [-0.25, -0.2) is 8.78 Å². The molecule has 2 unspecified atom stereocenters. The first-order valence-corrected chi connectivity index (χ1v) is 4.80. The molecule has 1 aromatic carbocycles. The zero-order valence-corrected chi connectivity index (χ0v) is 8.27. The van der Waals surface area contributed by atoms with Crippen LogP contribution in [0.4, 0.5) is 8.78 Å². The summed E-state index contributed by atoms with van der Waals surface area (Å²) >= 11 is 0. The van der Waals surface area contributed by atoms with Gasteiger partial charge < -0.3 is 5.32 Å². The van der Waals surface area contributed by atoms with Crippen molar-refractivity contribution in [2.45, 2.75) is 25.3 Å². The van der Waals surface area contributed by atoms with E-state index in [9.17, 15) is 8.78 Å². The third-order valence-corrected chi connectivity index (χ3v) is 2.97. The fraction of sp³-hybridized carbons (Fsp3) is 0.455. The summed E-state index contributed by atoms with van der Waals surface area (Å²) in [6.45, 7) is 1.93. The minimum absolute atomic E-state index is 0.0955. The number of benzene rings is 1. The highest BCUT2D eigenvalue weighted by Gasteiger charge is 2.30. The van der Waals surface area contributed by atoms with Crippen LogP contribution in [0.3, 0.4) is 0 Å². The topological polar surface area (TPSA) is 12.0 Å². The van der Waals surface area contributed by atoms with Crippen molar-refractivity contribution in [3.8, 4) is 0 Å². The van der Waals surface area contributed by atoms with Gasteiger partial charge in [0.05, 0.1) is 0 Å². The first-order valence-electron chi connectivity index (χ1n) is 4.80. The van der Waals surface area contributed by atoms with Crippen molar-refractivity contribution in [2.75, 3.05) is 7.05 Å².